The van der Waals surface area contributed by atoms with E-state index >= 15 is 0 Å². The van der Waals surface area contributed by atoms with Crippen LogP contribution in [0.15, 0.2) is 97.2 Å². The van der Waals surface area contributed by atoms with E-state index in [1.807, 2.05) is 6.08 Å². The maximum absolute atomic E-state index is 13.1. The van der Waals surface area contributed by atoms with Crippen molar-refractivity contribution in [3.8, 4) is 0 Å². The molecule has 1 fully saturated rings. The minimum Gasteiger partial charge on any atom is -0.394 e. The lowest BCUT2D eigenvalue weighted by Gasteiger charge is -2.40. The first-order valence-electron chi connectivity index (χ1n) is 31.5. The predicted octanol–water partition coefficient (Wildman–Crippen LogP) is 16.4. The molecule has 9 nitrogen and oxygen atoms in total. The quantitative estimate of drug-likeness (QED) is 0.0261. The zero-order chi connectivity index (χ0) is 55.0. The molecule has 1 aliphatic heterocycles. The van der Waals surface area contributed by atoms with Gasteiger partial charge in [0.2, 0.25) is 5.91 Å². The van der Waals surface area contributed by atoms with Gasteiger partial charge in [-0.25, -0.2) is 0 Å². The summed E-state index contributed by atoms with van der Waals surface area (Å²) in [7, 11) is 0. The van der Waals surface area contributed by atoms with E-state index < -0.39 is 49.5 Å². The third-order valence-corrected chi connectivity index (χ3v) is 14.4. The molecule has 1 saturated heterocycles. The molecule has 76 heavy (non-hydrogen) atoms. The zero-order valence-electron chi connectivity index (χ0n) is 48.7. The fraction of sp³-hybridized carbons (Fsp3) is 0.746. The fourth-order valence-corrected chi connectivity index (χ4v) is 9.49. The highest BCUT2D eigenvalue weighted by atomic mass is 16.7. The van der Waals surface area contributed by atoms with Crippen LogP contribution in [-0.2, 0) is 14.3 Å². The number of aliphatic hydroxyl groups is 5. The van der Waals surface area contributed by atoms with Gasteiger partial charge in [0, 0.05) is 6.42 Å². The summed E-state index contributed by atoms with van der Waals surface area (Å²) in [5.74, 6) is -0.185. The van der Waals surface area contributed by atoms with Crippen molar-refractivity contribution in [2.24, 2.45) is 0 Å². The summed E-state index contributed by atoms with van der Waals surface area (Å²) in [6, 6.07) is -0.816. The summed E-state index contributed by atoms with van der Waals surface area (Å²) in [4.78, 5) is 13.1. The van der Waals surface area contributed by atoms with E-state index in [2.05, 4.69) is 104 Å². The monoisotopic (exact) mass is 1060 g/mol. The number of unbranched alkanes of at least 4 members (excludes halogenated alkanes) is 29. The van der Waals surface area contributed by atoms with Crippen molar-refractivity contribution >= 4 is 5.91 Å². The van der Waals surface area contributed by atoms with Crippen LogP contribution in [0.25, 0.3) is 0 Å². The van der Waals surface area contributed by atoms with Crippen molar-refractivity contribution in [1.82, 2.24) is 5.32 Å². The molecule has 0 aromatic rings. The molecule has 1 aliphatic rings. The lowest BCUT2D eigenvalue weighted by molar-refractivity contribution is -0.302. The van der Waals surface area contributed by atoms with Crippen LogP contribution in [0.4, 0.5) is 0 Å². The Hall–Kier alpha value is -2.89. The van der Waals surface area contributed by atoms with Gasteiger partial charge in [-0.3, -0.25) is 4.79 Å². The number of allylic oxidation sites excluding steroid dienone is 15. The molecule has 9 heteroatoms. The first-order chi connectivity index (χ1) is 37.3. The average Bonchev–Trinajstić information content (AvgIpc) is 3.42. The molecule has 1 rings (SSSR count). The van der Waals surface area contributed by atoms with Gasteiger partial charge in [0.1, 0.15) is 24.4 Å². The van der Waals surface area contributed by atoms with Crippen molar-refractivity contribution in [1.29, 1.82) is 0 Å². The number of hydrogen-bond donors (Lipinski definition) is 6. The molecule has 0 aromatic heterocycles. The van der Waals surface area contributed by atoms with Gasteiger partial charge in [0.25, 0.3) is 0 Å². The van der Waals surface area contributed by atoms with E-state index in [1.165, 1.54) is 148 Å². The predicted molar refractivity (Wildman–Crippen MR) is 322 cm³/mol. The zero-order valence-corrected chi connectivity index (χ0v) is 48.7. The molecule has 6 N–H and O–H groups in total. The Balaban J connectivity index is 2.21. The second-order valence-corrected chi connectivity index (χ2v) is 21.5. The van der Waals surface area contributed by atoms with Gasteiger partial charge < -0.3 is 40.3 Å². The molecule has 0 saturated carbocycles. The Bertz CT molecular complexity index is 1510. The SMILES string of the molecule is CC/C=C\C/C=C\C/C=C\C/C=C\C/C=C\C/C=C\C/C=C\CCCCCCCCCCCC(=O)NC(COC1OC(CO)C(O)C(O)C1O)C(O)/C=C/CCCCCCCCCCCCCCCCCCCCCC. The van der Waals surface area contributed by atoms with E-state index in [1.54, 1.807) is 6.08 Å². The standard InChI is InChI=1S/C67H117NO8/c1-3-5-7-9-11-13-15-17-19-21-23-25-27-28-29-30-31-32-33-34-35-37-39-41-43-45-47-49-51-53-55-57-63(71)68-60(59-75-67-66(74)65(73)64(72)62(58-69)76-67)61(70)56-54-52-50-48-46-44-42-40-38-36-26-24-22-20-18-16-14-12-10-8-6-4-2/h5,7,11,13,17,19,23,25,28-29,31-32,34-35,54,56,60-62,64-67,69-70,72-74H,3-4,6,8-10,12,14-16,18,20-22,24,26-27,30,33,36-53,55,57-59H2,1-2H3,(H,68,71)/b7-5-,13-11-,19-17-,25-23-,29-28-,32-31-,35-34-,56-54+. The number of ether oxygens (including phenoxy) is 2. The molecular formula is C67H117NO8. The van der Waals surface area contributed by atoms with Crippen LogP contribution in [0.2, 0.25) is 0 Å². The molecule has 1 amide bonds. The highest BCUT2D eigenvalue weighted by Gasteiger charge is 2.44. The number of hydrogen-bond acceptors (Lipinski definition) is 8. The third kappa shape index (κ3) is 44.0. The first kappa shape index (κ1) is 71.1. The first-order valence-corrected chi connectivity index (χ1v) is 31.5. The number of aliphatic hydroxyl groups excluding tert-OH is 5. The Morgan fingerprint density at radius 3 is 1.21 bits per heavy atom. The van der Waals surface area contributed by atoms with E-state index in [-0.39, 0.29) is 12.5 Å². The highest BCUT2D eigenvalue weighted by molar-refractivity contribution is 5.76. The van der Waals surface area contributed by atoms with Crippen molar-refractivity contribution in [3.05, 3.63) is 97.2 Å². The molecule has 7 unspecified atom stereocenters. The van der Waals surface area contributed by atoms with Crippen LogP contribution < -0.4 is 5.32 Å². The third-order valence-electron chi connectivity index (χ3n) is 14.4. The van der Waals surface area contributed by atoms with Gasteiger partial charge in [-0.2, -0.15) is 0 Å². The summed E-state index contributed by atoms with van der Waals surface area (Å²) in [5, 5.41) is 54.6. The van der Waals surface area contributed by atoms with Crippen LogP contribution in [-0.4, -0.2) is 87.5 Å². The van der Waals surface area contributed by atoms with Crippen molar-refractivity contribution in [2.45, 2.75) is 307 Å². The number of carbonyl (C=O) groups excluding carboxylic acids is 1. The van der Waals surface area contributed by atoms with Gasteiger partial charge in [0.05, 0.1) is 25.4 Å². The van der Waals surface area contributed by atoms with E-state index in [9.17, 15) is 30.3 Å². The topological polar surface area (TPSA) is 149 Å². The summed E-state index contributed by atoms with van der Waals surface area (Å²) >= 11 is 0. The van der Waals surface area contributed by atoms with Crippen LogP contribution in [0.1, 0.15) is 264 Å². The average molecular weight is 1060 g/mol. The number of rotatable bonds is 53. The van der Waals surface area contributed by atoms with Gasteiger partial charge in [-0.1, -0.05) is 278 Å². The fourth-order valence-electron chi connectivity index (χ4n) is 9.49. The van der Waals surface area contributed by atoms with E-state index in [0.29, 0.717) is 6.42 Å². The number of amides is 1. The lowest BCUT2D eigenvalue weighted by Crippen LogP contribution is -2.60. The Kier molecular flexibility index (Phi) is 51.9. The van der Waals surface area contributed by atoms with Crippen molar-refractivity contribution < 1.29 is 39.8 Å². The van der Waals surface area contributed by atoms with E-state index in [4.69, 9.17) is 9.47 Å². The maximum Gasteiger partial charge on any atom is 0.220 e. The van der Waals surface area contributed by atoms with Crippen LogP contribution in [0, 0.1) is 0 Å². The molecule has 0 bridgehead atoms. The maximum atomic E-state index is 13.1. The summed E-state index contributed by atoms with van der Waals surface area (Å²) in [6.07, 6.45) is 73.3. The van der Waals surface area contributed by atoms with Crippen LogP contribution in [0.5, 0.6) is 0 Å². The summed E-state index contributed by atoms with van der Waals surface area (Å²) in [5.41, 5.74) is 0. The van der Waals surface area contributed by atoms with Gasteiger partial charge in [-0.05, 0) is 77.0 Å². The van der Waals surface area contributed by atoms with Gasteiger partial charge >= 0.3 is 0 Å². The minimum atomic E-state index is -1.57. The molecule has 0 aromatic carbocycles. The largest absolute Gasteiger partial charge is 0.394 e. The van der Waals surface area contributed by atoms with E-state index in [0.717, 1.165) is 96.3 Å². The Morgan fingerprint density at radius 2 is 0.816 bits per heavy atom. The molecule has 0 spiro atoms. The lowest BCUT2D eigenvalue weighted by atomic mass is 9.99. The summed E-state index contributed by atoms with van der Waals surface area (Å²) < 4.78 is 11.3. The minimum absolute atomic E-state index is 0.185. The summed E-state index contributed by atoms with van der Waals surface area (Å²) in [6.45, 7) is 3.68. The van der Waals surface area contributed by atoms with Gasteiger partial charge in [-0.15, -0.1) is 0 Å². The second kappa shape index (κ2) is 55.4. The Morgan fingerprint density at radius 1 is 0.461 bits per heavy atom. The molecule has 7 atom stereocenters. The highest BCUT2D eigenvalue weighted by Crippen LogP contribution is 2.23. The molecule has 438 valence electrons. The van der Waals surface area contributed by atoms with Gasteiger partial charge in [0.15, 0.2) is 6.29 Å². The number of carbonyl (C=O) groups is 1. The molecule has 0 aliphatic carbocycles. The van der Waals surface area contributed by atoms with Crippen LogP contribution >= 0.6 is 0 Å². The second-order valence-electron chi connectivity index (χ2n) is 21.5. The van der Waals surface area contributed by atoms with Crippen molar-refractivity contribution in [2.75, 3.05) is 13.2 Å². The molecular weight excluding hydrogens is 947 g/mol. The Labute approximate surface area is 466 Å². The normalized spacial score (nSPS) is 19.5. The van der Waals surface area contributed by atoms with Crippen molar-refractivity contribution in [3.63, 3.8) is 0 Å². The van der Waals surface area contributed by atoms with Crippen LogP contribution in [0.3, 0.4) is 0 Å². The molecule has 0 radical (unpaired) electrons. The molecule has 1 heterocycles. The smallest absolute Gasteiger partial charge is 0.220 e. The number of nitrogens with one attached hydrogen (secondary N) is 1.